The van der Waals surface area contributed by atoms with E-state index in [9.17, 15) is 5.11 Å². The Morgan fingerprint density at radius 1 is 0.702 bits per heavy atom. The molecule has 0 bridgehead atoms. The summed E-state index contributed by atoms with van der Waals surface area (Å²) in [4.78, 5) is 5.66. The lowest BCUT2D eigenvalue weighted by molar-refractivity contribution is -0.870. The van der Waals surface area contributed by atoms with Crippen LogP contribution in [0.15, 0.2) is 24.3 Å². The van der Waals surface area contributed by atoms with Gasteiger partial charge in [0.15, 0.2) is 0 Å². The predicted octanol–water partition coefficient (Wildman–Crippen LogP) is 10.9. The Morgan fingerprint density at radius 3 is 1.91 bits per heavy atom. The van der Waals surface area contributed by atoms with Crippen molar-refractivity contribution in [1.82, 2.24) is 5.48 Å². The number of nitrogens with two attached hydrogens (primary N) is 1. The molecule has 1 aliphatic carbocycles. The molecule has 47 heavy (non-hydrogen) atoms. The predicted molar refractivity (Wildman–Crippen MR) is 206 cm³/mol. The molecule has 5 nitrogen and oxygen atoms in total. The lowest BCUT2D eigenvalue weighted by Gasteiger charge is -2.39. The van der Waals surface area contributed by atoms with Crippen LogP contribution in [0, 0.1) is 23.7 Å². The van der Waals surface area contributed by atoms with Gasteiger partial charge in [-0.05, 0) is 75.0 Å². The number of rotatable bonds is 33. The molecule has 0 aromatic heterocycles. The number of aliphatic hydroxyl groups is 1. The lowest BCUT2D eigenvalue weighted by atomic mass is 9.66. The standard InChI is InChI=1S/C42H84N3O2/c1-6-8-10-21-28-38-33-34-39(29-22-17-15-16-20-26-37-47-44-35-27-36-45(3,4)5)41(40(38)30-23-11-9-7-2)31-24-18-13-12-14-19-25-32-42(43)46/h24,31,33-34,38-42,44,46H,6-23,25-30,32,35-37,43H2,1-5H3/q+1/b31-24-. The van der Waals surface area contributed by atoms with E-state index >= 15 is 0 Å². The third-order valence-corrected chi connectivity index (χ3v) is 10.4. The maximum atomic E-state index is 9.28. The van der Waals surface area contributed by atoms with Crippen LogP contribution in [0.4, 0.5) is 0 Å². The van der Waals surface area contributed by atoms with Crippen LogP contribution in [0.3, 0.4) is 0 Å². The van der Waals surface area contributed by atoms with Crippen LogP contribution in [-0.4, -0.2) is 56.7 Å². The van der Waals surface area contributed by atoms with Crippen molar-refractivity contribution in [3.8, 4) is 0 Å². The molecule has 0 radical (unpaired) electrons. The Hall–Kier alpha value is -0.720. The Morgan fingerprint density at radius 2 is 1.26 bits per heavy atom. The number of nitrogens with zero attached hydrogens (tertiary/aromatic N) is 1. The minimum Gasteiger partial charge on any atom is -0.379 e. The second-order valence-corrected chi connectivity index (χ2v) is 16.0. The van der Waals surface area contributed by atoms with Gasteiger partial charge in [0.1, 0.15) is 6.23 Å². The fourth-order valence-corrected chi connectivity index (χ4v) is 7.49. The molecule has 0 spiro atoms. The van der Waals surface area contributed by atoms with Crippen LogP contribution in [0.2, 0.25) is 0 Å². The van der Waals surface area contributed by atoms with Crippen molar-refractivity contribution in [2.45, 2.75) is 181 Å². The zero-order valence-corrected chi connectivity index (χ0v) is 32.4. The molecule has 5 atom stereocenters. The summed E-state index contributed by atoms with van der Waals surface area (Å²) < 4.78 is 1.01. The molecular formula is C42H84N3O2+. The molecule has 278 valence electrons. The zero-order valence-electron chi connectivity index (χ0n) is 32.4. The Balaban J connectivity index is 2.56. The van der Waals surface area contributed by atoms with Crippen LogP contribution >= 0.6 is 0 Å². The van der Waals surface area contributed by atoms with Gasteiger partial charge in [0.2, 0.25) is 0 Å². The first kappa shape index (κ1) is 44.3. The van der Waals surface area contributed by atoms with Crippen LogP contribution in [0.1, 0.15) is 174 Å². The first-order chi connectivity index (χ1) is 22.8. The van der Waals surface area contributed by atoms with Gasteiger partial charge in [-0.1, -0.05) is 141 Å². The second-order valence-electron chi connectivity index (χ2n) is 16.0. The summed E-state index contributed by atoms with van der Waals surface area (Å²) in [7, 11) is 6.72. The van der Waals surface area contributed by atoms with E-state index in [4.69, 9.17) is 10.6 Å². The smallest absolute Gasteiger partial charge is 0.102 e. The first-order valence-electron chi connectivity index (χ1n) is 20.7. The fourth-order valence-electron chi connectivity index (χ4n) is 7.49. The van der Waals surface area contributed by atoms with Crippen molar-refractivity contribution in [2.24, 2.45) is 29.4 Å². The summed E-state index contributed by atoms with van der Waals surface area (Å²) >= 11 is 0. The maximum absolute atomic E-state index is 9.28. The summed E-state index contributed by atoms with van der Waals surface area (Å²) in [6.07, 6.45) is 42.2. The number of allylic oxidation sites excluding steroid dienone is 4. The second kappa shape index (κ2) is 30.1. The van der Waals surface area contributed by atoms with Crippen LogP contribution in [0.25, 0.3) is 0 Å². The molecule has 0 aliphatic heterocycles. The quantitative estimate of drug-likeness (QED) is 0.0215. The molecule has 0 aromatic carbocycles. The van der Waals surface area contributed by atoms with E-state index in [1.165, 1.54) is 141 Å². The van der Waals surface area contributed by atoms with Gasteiger partial charge in [0, 0.05) is 13.0 Å². The molecule has 0 saturated carbocycles. The van der Waals surface area contributed by atoms with E-state index in [1.807, 2.05) is 0 Å². The molecule has 5 unspecified atom stereocenters. The summed E-state index contributed by atoms with van der Waals surface area (Å²) in [5.74, 6) is 3.03. The minimum atomic E-state index is -0.638. The summed E-state index contributed by atoms with van der Waals surface area (Å²) in [6.45, 7) is 7.62. The highest BCUT2D eigenvalue weighted by atomic mass is 16.6. The Kier molecular flexibility index (Phi) is 28.4. The van der Waals surface area contributed by atoms with Crippen molar-refractivity contribution in [2.75, 3.05) is 40.8 Å². The molecular weight excluding hydrogens is 578 g/mol. The van der Waals surface area contributed by atoms with Crippen LogP contribution in [-0.2, 0) is 4.84 Å². The van der Waals surface area contributed by atoms with Crippen molar-refractivity contribution >= 4 is 0 Å². The van der Waals surface area contributed by atoms with Crippen molar-refractivity contribution in [3.63, 3.8) is 0 Å². The number of quaternary nitrogens is 1. The third-order valence-electron chi connectivity index (χ3n) is 10.4. The summed E-state index contributed by atoms with van der Waals surface area (Å²) in [5, 5.41) is 9.28. The van der Waals surface area contributed by atoms with E-state index in [-0.39, 0.29) is 0 Å². The van der Waals surface area contributed by atoms with Gasteiger partial charge in [-0.3, -0.25) is 0 Å². The van der Waals surface area contributed by atoms with Crippen molar-refractivity contribution in [3.05, 3.63) is 24.3 Å². The number of hydrogen-bond donors (Lipinski definition) is 3. The van der Waals surface area contributed by atoms with E-state index in [2.05, 4.69) is 64.8 Å². The number of nitrogens with one attached hydrogen (secondary N) is 1. The van der Waals surface area contributed by atoms with Crippen molar-refractivity contribution in [1.29, 1.82) is 0 Å². The van der Waals surface area contributed by atoms with E-state index in [0.29, 0.717) is 5.92 Å². The number of unbranched alkanes of at least 4 members (excludes halogenated alkanes) is 16. The largest absolute Gasteiger partial charge is 0.379 e. The number of hydrogen-bond acceptors (Lipinski definition) is 4. The SMILES string of the molecule is CCCCCCC1C=CC(CCCCCCCCONCCC[N+](C)(C)C)C(/C=C\CCCCCCCC(N)O)C1CCCCCC. The third kappa shape index (κ3) is 25.9. The molecule has 5 heteroatoms. The highest BCUT2D eigenvalue weighted by molar-refractivity contribution is 5.10. The molecule has 0 aromatic rings. The summed E-state index contributed by atoms with van der Waals surface area (Å²) in [6, 6.07) is 0. The molecule has 0 amide bonds. The topological polar surface area (TPSA) is 67.5 Å². The first-order valence-corrected chi connectivity index (χ1v) is 20.7. The highest BCUT2D eigenvalue weighted by Crippen LogP contribution is 2.43. The molecule has 0 saturated heterocycles. The minimum absolute atomic E-state index is 0.638. The van der Waals surface area contributed by atoms with E-state index in [0.717, 1.165) is 61.1 Å². The Bertz CT molecular complexity index is 732. The maximum Gasteiger partial charge on any atom is 0.102 e. The molecule has 1 rings (SSSR count). The van der Waals surface area contributed by atoms with Gasteiger partial charge in [0.25, 0.3) is 0 Å². The number of hydroxylamine groups is 1. The van der Waals surface area contributed by atoms with Gasteiger partial charge in [-0.2, -0.15) is 0 Å². The Labute approximate surface area is 294 Å². The van der Waals surface area contributed by atoms with Crippen LogP contribution < -0.4 is 11.2 Å². The van der Waals surface area contributed by atoms with Gasteiger partial charge < -0.3 is 20.2 Å². The molecule has 4 N–H and O–H groups in total. The highest BCUT2D eigenvalue weighted by Gasteiger charge is 2.33. The van der Waals surface area contributed by atoms with Gasteiger partial charge in [-0.15, -0.1) is 0 Å². The van der Waals surface area contributed by atoms with Gasteiger partial charge >= 0.3 is 0 Å². The summed E-state index contributed by atoms with van der Waals surface area (Å²) in [5.41, 5.74) is 8.64. The van der Waals surface area contributed by atoms with Crippen LogP contribution in [0.5, 0.6) is 0 Å². The van der Waals surface area contributed by atoms with Gasteiger partial charge in [0.05, 0.1) is 34.3 Å². The zero-order chi connectivity index (χ0) is 34.4. The van der Waals surface area contributed by atoms with E-state index < -0.39 is 6.23 Å². The number of aliphatic hydroxyl groups excluding tert-OH is 1. The van der Waals surface area contributed by atoms with Gasteiger partial charge in [-0.25, -0.2) is 5.48 Å². The molecule has 0 heterocycles. The average molecular weight is 663 g/mol. The van der Waals surface area contributed by atoms with Crippen molar-refractivity contribution < 1.29 is 14.4 Å². The lowest BCUT2D eigenvalue weighted by Crippen LogP contribution is -2.36. The average Bonchev–Trinajstić information content (AvgIpc) is 3.03. The monoisotopic (exact) mass is 663 g/mol. The fraction of sp³-hybridized carbons (Fsp3) is 0.905. The normalized spacial score (nSPS) is 20.8. The molecule has 0 fully saturated rings. The molecule has 1 aliphatic rings. The van der Waals surface area contributed by atoms with E-state index in [1.54, 1.807) is 0 Å².